The van der Waals surface area contributed by atoms with Crippen molar-refractivity contribution in [3.63, 3.8) is 0 Å². The van der Waals surface area contributed by atoms with E-state index in [1.54, 1.807) is 0 Å². The second-order valence-electron chi connectivity index (χ2n) is 13.1. The van der Waals surface area contributed by atoms with Gasteiger partial charge in [-0.05, 0) is 72.8 Å². The van der Waals surface area contributed by atoms with Gasteiger partial charge in [-0.2, -0.15) is 0 Å². The number of benzene rings is 7. The van der Waals surface area contributed by atoms with Crippen LogP contribution in [0.1, 0.15) is 43.1 Å². The van der Waals surface area contributed by atoms with Gasteiger partial charge in [0.15, 0.2) is 0 Å². The van der Waals surface area contributed by atoms with E-state index in [0.717, 1.165) is 0 Å². The van der Waals surface area contributed by atoms with Crippen molar-refractivity contribution in [2.45, 2.75) is 10.8 Å². The molecular formula is C48H32S. The zero-order valence-corrected chi connectivity index (χ0v) is 27.7. The highest BCUT2D eigenvalue weighted by Crippen LogP contribution is 2.63. The molecule has 0 bridgehead atoms. The van der Waals surface area contributed by atoms with Crippen LogP contribution in [0, 0.1) is 0 Å². The zero-order chi connectivity index (χ0) is 32.4. The van der Waals surface area contributed by atoms with Crippen LogP contribution in [0.25, 0.3) is 33.4 Å². The normalized spacial score (nSPS) is 14.4. The van der Waals surface area contributed by atoms with Crippen LogP contribution in [0.2, 0.25) is 0 Å². The predicted molar refractivity (Wildman–Crippen MR) is 204 cm³/mol. The molecule has 0 spiro atoms. The summed E-state index contributed by atoms with van der Waals surface area (Å²) in [6.45, 7) is 0. The Morgan fingerprint density at radius 1 is 0.306 bits per heavy atom. The molecule has 0 atom stereocenters. The Balaban J connectivity index is 1.39. The molecule has 1 aromatic heterocycles. The van der Waals surface area contributed by atoms with Crippen LogP contribution in [-0.2, 0) is 10.8 Å². The average molecular weight is 641 g/mol. The van der Waals surface area contributed by atoms with Crippen LogP contribution in [-0.4, -0.2) is 0 Å². The third kappa shape index (κ3) is 3.80. The zero-order valence-electron chi connectivity index (χ0n) is 26.9. The van der Waals surface area contributed by atoms with Crippen LogP contribution in [0.4, 0.5) is 0 Å². The largest absolute Gasteiger partial charge is 0.141 e. The summed E-state index contributed by atoms with van der Waals surface area (Å²) in [5.41, 5.74) is 14.7. The van der Waals surface area contributed by atoms with E-state index < -0.39 is 10.8 Å². The molecule has 0 nitrogen and oxygen atoms in total. The predicted octanol–water partition coefficient (Wildman–Crippen LogP) is 12.1. The minimum atomic E-state index is -0.502. The quantitative estimate of drug-likeness (QED) is 0.176. The maximum Gasteiger partial charge on any atom is 0.0813 e. The summed E-state index contributed by atoms with van der Waals surface area (Å²) in [7, 11) is 0. The number of fused-ring (bicyclic) bond motifs is 6. The van der Waals surface area contributed by atoms with Crippen molar-refractivity contribution in [2.75, 3.05) is 0 Å². The van der Waals surface area contributed by atoms with E-state index in [0.29, 0.717) is 0 Å². The first-order valence-electron chi connectivity index (χ1n) is 17.0. The molecule has 2 aliphatic carbocycles. The van der Waals surface area contributed by atoms with Crippen molar-refractivity contribution in [3.05, 3.63) is 237 Å². The molecule has 10 rings (SSSR count). The van der Waals surface area contributed by atoms with E-state index in [4.69, 9.17) is 0 Å². The van der Waals surface area contributed by atoms with Gasteiger partial charge in [-0.15, -0.1) is 11.3 Å². The van der Waals surface area contributed by atoms with Gasteiger partial charge in [0.2, 0.25) is 0 Å². The first-order valence-corrected chi connectivity index (χ1v) is 17.8. The third-order valence-electron chi connectivity index (χ3n) is 10.8. The summed E-state index contributed by atoms with van der Waals surface area (Å²) in [5.74, 6) is 0. The summed E-state index contributed by atoms with van der Waals surface area (Å²) in [4.78, 5) is 2.69. The monoisotopic (exact) mass is 640 g/mol. The molecular weight excluding hydrogens is 609 g/mol. The van der Waals surface area contributed by atoms with Gasteiger partial charge >= 0.3 is 0 Å². The topological polar surface area (TPSA) is 0 Å². The van der Waals surface area contributed by atoms with Crippen molar-refractivity contribution in [1.82, 2.24) is 0 Å². The van der Waals surface area contributed by atoms with Crippen molar-refractivity contribution >= 4 is 11.3 Å². The van der Waals surface area contributed by atoms with Gasteiger partial charge in [0.05, 0.1) is 10.8 Å². The maximum absolute atomic E-state index is 2.54. The summed E-state index contributed by atoms with van der Waals surface area (Å²) in [5, 5.41) is 0. The fourth-order valence-electron chi connectivity index (χ4n) is 8.94. The molecule has 49 heavy (non-hydrogen) atoms. The van der Waals surface area contributed by atoms with Gasteiger partial charge in [0.1, 0.15) is 0 Å². The summed E-state index contributed by atoms with van der Waals surface area (Å²) in [6.07, 6.45) is 0. The second-order valence-corrected chi connectivity index (χ2v) is 14.2. The molecule has 0 saturated carbocycles. The van der Waals surface area contributed by atoms with Crippen LogP contribution in [0.3, 0.4) is 0 Å². The lowest BCUT2D eigenvalue weighted by Gasteiger charge is -2.34. The minimum Gasteiger partial charge on any atom is -0.141 e. The highest BCUT2D eigenvalue weighted by molar-refractivity contribution is 7.13. The number of rotatable bonds is 5. The SMILES string of the molecule is c1ccc(-c2cc(C3(c4ccccc4)c4ccccc4-c4ccccc43)sc2C2(c3ccccc3)c3ccccc3-c3ccccc32)cc1. The van der Waals surface area contributed by atoms with Gasteiger partial charge < -0.3 is 0 Å². The summed E-state index contributed by atoms with van der Waals surface area (Å²) >= 11 is 1.99. The molecule has 0 N–H and O–H groups in total. The molecule has 8 aromatic rings. The van der Waals surface area contributed by atoms with E-state index in [9.17, 15) is 0 Å². The lowest BCUT2D eigenvalue weighted by molar-refractivity contribution is 0.786. The van der Waals surface area contributed by atoms with E-state index in [-0.39, 0.29) is 0 Å². The van der Waals surface area contributed by atoms with E-state index >= 15 is 0 Å². The van der Waals surface area contributed by atoms with Crippen molar-refractivity contribution < 1.29 is 0 Å². The molecule has 2 aliphatic rings. The maximum atomic E-state index is 2.54. The van der Waals surface area contributed by atoms with E-state index in [1.807, 2.05) is 11.3 Å². The first kappa shape index (κ1) is 28.3. The molecule has 230 valence electrons. The Kier molecular flexibility index (Phi) is 6.28. The Morgan fingerprint density at radius 3 is 1.10 bits per heavy atom. The van der Waals surface area contributed by atoms with Crippen LogP contribution < -0.4 is 0 Å². The van der Waals surface area contributed by atoms with Crippen molar-refractivity contribution in [2.24, 2.45) is 0 Å². The van der Waals surface area contributed by atoms with Gasteiger partial charge in [0.25, 0.3) is 0 Å². The lowest BCUT2D eigenvalue weighted by Crippen LogP contribution is -2.28. The Bertz CT molecular complexity index is 2400. The average Bonchev–Trinajstić information content (AvgIpc) is 3.85. The summed E-state index contributed by atoms with van der Waals surface area (Å²) < 4.78 is 0. The molecule has 7 aromatic carbocycles. The third-order valence-corrected chi connectivity index (χ3v) is 12.2. The fraction of sp³-hybridized carbons (Fsp3) is 0.0417. The number of hydrogen-bond donors (Lipinski definition) is 0. The summed E-state index contributed by atoms with van der Waals surface area (Å²) in [6, 6.07) is 72.2. The van der Waals surface area contributed by atoms with Crippen LogP contribution >= 0.6 is 11.3 Å². The van der Waals surface area contributed by atoms with Crippen molar-refractivity contribution in [1.29, 1.82) is 0 Å². The standard InChI is InChI=1S/C48H32S/c1-4-18-33(19-5-1)40-32-45(47(34-20-6-2-7-21-34)41-28-14-10-24-36(41)37-25-11-15-29-42(37)47)49-46(40)48(35-22-8-3-9-23-35)43-30-16-12-26-38(43)39-27-13-17-31-44(39)48/h1-32H. The van der Waals surface area contributed by atoms with E-state index in [2.05, 4.69) is 194 Å². The number of thiophene rings is 1. The second kappa shape index (κ2) is 10.9. The minimum absolute atomic E-state index is 0.476. The van der Waals surface area contributed by atoms with E-state index in [1.165, 1.54) is 76.5 Å². The number of hydrogen-bond acceptors (Lipinski definition) is 1. The molecule has 0 radical (unpaired) electrons. The molecule has 0 saturated heterocycles. The Labute approximate surface area is 291 Å². The molecule has 0 amide bonds. The Hall–Kier alpha value is -5.76. The Morgan fingerprint density at radius 2 is 0.653 bits per heavy atom. The molecule has 0 unspecified atom stereocenters. The lowest BCUT2D eigenvalue weighted by atomic mass is 9.69. The van der Waals surface area contributed by atoms with Crippen molar-refractivity contribution in [3.8, 4) is 33.4 Å². The molecule has 0 fully saturated rings. The highest BCUT2D eigenvalue weighted by atomic mass is 32.1. The van der Waals surface area contributed by atoms with Gasteiger partial charge in [-0.25, -0.2) is 0 Å². The van der Waals surface area contributed by atoms with Gasteiger partial charge in [0, 0.05) is 9.75 Å². The highest BCUT2D eigenvalue weighted by Gasteiger charge is 2.52. The van der Waals surface area contributed by atoms with Gasteiger partial charge in [-0.1, -0.05) is 188 Å². The van der Waals surface area contributed by atoms with Crippen LogP contribution in [0.5, 0.6) is 0 Å². The molecule has 0 aliphatic heterocycles. The first-order chi connectivity index (χ1) is 24.3. The van der Waals surface area contributed by atoms with Gasteiger partial charge in [-0.3, -0.25) is 0 Å². The molecule has 1 heteroatoms. The fourth-order valence-corrected chi connectivity index (χ4v) is 10.6. The molecule has 1 heterocycles. The smallest absolute Gasteiger partial charge is 0.0813 e. The van der Waals surface area contributed by atoms with Crippen LogP contribution in [0.15, 0.2) is 194 Å².